The minimum Gasteiger partial charge on any atom is -0.374 e. The Hall–Kier alpha value is 0.170. The number of alkyl halides is 1. The van der Waals surface area contributed by atoms with Crippen LogP contribution >= 0.6 is 11.6 Å². The van der Waals surface area contributed by atoms with Crippen LogP contribution in [0, 0.1) is 0 Å². The lowest BCUT2D eigenvalue weighted by atomic mass is 9.99. The van der Waals surface area contributed by atoms with Crippen LogP contribution in [0.25, 0.3) is 0 Å². The zero-order valence-corrected chi connectivity index (χ0v) is 12.4. The molecular weight excluding hydrogens is 248 g/mol. The SMILES string of the molecule is CCN1CCOC(CN2CCCCC2CCCl)C1. The third-order valence-corrected chi connectivity index (χ3v) is 4.52. The fourth-order valence-corrected chi connectivity index (χ4v) is 3.44. The monoisotopic (exact) mass is 274 g/mol. The molecule has 0 N–H and O–H groups in total. The summed E-state index contributed by atoms with van der Waals surface area (Å²) in [6.45, 7) is 8.79. The molecule has 0 aromatic carbocycles. The maximum absolute atomic E-state index is 5.92. The minimum absolute atomic E-state index is 0.398. The Morgan fingerprint density at radius 2 is 2.17 bits per heavy atom. The zero-order valence-electron chi connectivity index (χ0n) is 11.6. The van der Waals surface area contributed by atoms with Crippen LogP contribution in [0.1, 0.15) is 32.6 Å². The van der Waals surface area contributed by atoms with E-state index in [9.17, 15) is 0 Å². The summed E-state index contributed by atoms with van der Waals surface area (Å²) in [5.74, 6) is 0.785. The first-order valence-electron chi connectivity index (χ1n) is 7.47. The fourth-order valence-electron chi connectivity index (χ4n) is 3.19. The number of hydrogen-bond donors (Lipinski definition) is 0. The first-order chi connectivity index (χ1) is 8.83. The molecule has 4 heteroatoms. The lowest BCUT2D eigenvalue weighted by Crippen LogP contribution is -2.50. The predicted molar refractivity (Wildman–Crippen MR) is 76.4 cm³/mol. The van der Waals surface area contributed by atoms with Gasteiger partial charge in [-0.2, -0.15) is 0 Å². The van der Waals surface area contributed by atoms with Crippen molar-refractivity contribution in [1.29, 1.82) is 0 Å². The van der Waals surface area contributed by atoms with Crippen LogP contribution < -0.4 is 0 Å². The number of likely N-dealkylation sites (tertiary alicyclic amines) is 1. The van der Waals surface area contributed by atoms with Gasteiger partial charge in [-0.1, -0.05) is 13.3 Å². The van der Waals surface area contributed by atoms with Gasteiger partial charge in [-0.15, -0.1) is 11.6 Å². The lowest BCUT2D eigenvalue weighted by Gasteiger charge is -2.40. The van der Waals surface area contributed by atoms with Gasteiger partial charge >= 0.3 is 0 Å². The van der Waals surface area contributed by atoms with Crippen LogP contribution in [-0.4, -0.2) is 67.2 Å². The van der Waals surface area contributed by atoms with E-state index in [0.717, 1.165) is 45.1 Å². The number of ether oxygens (including phenoxy) is 1. The highest BCUT2D eigenvalue weighted by Gasteiger charge is 2.27. The van der Waals surface area contributed by atoms with Gasteiger partial charge in [0.05, 0.1) is 12.7 Å². The number of likely N-dealkylation sites (N-methyl/N-ethyl adjacent to an activating group) is 1. The highest BCUT2D eigenvalue weighted by molar-refractivity contribution is 6.17. The molecule has 0 aromatic rings. The number of piperidine rings is 1. The van der Waals surface area contributed by atoms with Gasteiger partial charge in [0.25, 0.3) is 0 Å². The molecule has 2 rings (SSSR count). The van der Waals surface area contributed by atoms with Crippen molar-refractivity contribution in [2.75, 3.05) is 45.2 Å². The summed E-state index contributed by atoms with van der Waals surface area (Å²) in [5.41, 5.74) is 0. The zero-order chi connectivity index (χ0) is 12.8. The van der Waals surface area contributed by atoms with Gasteiger partial charge in [0.1, 0.15) is 0 Å². The molecule has 0 spiro atoms. The van der Waals surface area contributed by atoms with Gasteiger partial charge < -0.3 is 4.74 Å². The van der Waals surface area contributed by atoms with Crippen molar-refractivity contribution < 1.29 is 4.74 Å². The molecule has 2 aliphatic heterocycles. The van der Waals surface area contributed by atoms with E-state index in [1.54, 1.807) is 0 Å². The van der Waals surface area contributed by atoms with E-state index in [1.807, 2.05) is 0 Å². The molecule has 2 atom stereocenters. The average Bonchev–Trinajstić information content (AvgIpc) is 2.41. The normalized spacial score (nSPS) is 31.7. The maximum atomic E-state index is 5.92. The van der Waals surface area contributed by atoms with E-state index < -0.39 is 0 Å². The van der Waals surface area contributed by atoms with Crippen molar-refractivity contribution in [2.45, 2.75) is 44.8 Å². The number of rotatable bonds is 5. The molecule has 0 aliphatic carbocycles. The predicted octanol–water partition coefficient (Wildman–Crippen LogP) is 2.19. The minimum atomic E-state index is 0.398. The molecule has 0 radical (unpaired) electrons. The lowest BCUT2D eigenvalue weighted by molar-refractivity contribution is -0.0509. The quantitative estimate of drug-likeness (QED) is 0.715. The molecule has 0 amide bonds. The summed E-state index contributed by atoms with van der Waals surface area (Å²) in [5, 5.41) is 0. The van der Waals surface area contributed by atoms with Gasteiger partial charge in [0, 0.05) is 31.6 Å². The summed E-state index contributed by atoms with van der Waals surface area (Å²) in [6, 6.07) is 0.692. The third kappa shape index (κ3) is 4.09. The van der Waals surface area contributed by atoms with Crippen LogP contribution in [-0.2, 0) is 4.74 Å². The van der Waals surface area contributed by atoms with E-state index in [1.165, 1.54) is 25.8 Å². The molecule has 2 aliphatic rings. The molecule has 0 bridgehead atoms. The molecule has 0 saturated carbocycles. The van der Waals surface area contributed by atoms with E-state index in [4.69, 9.17) is 16.3 Å². The molecule has 2 unspecified atom stereocenters. The summed E-state index contributed by atoms with van der Waals surface area (Å²) in [4.78, 5) is 5.12. The van der Waals surface area contributed by atoms with Crippen LogP contribution in [0.5, 0.6) is 0 Å². The summed E-state index contributed by atoms with van der Waals surface area (Å²) < 4.78 is 5.92. The van der Waals surface area contributed by atoms with Crippen molar-refractivity contribution >= 4 is 11.6 Å². The molecule has 0 aromatic heterocycles. The van der Waals surface area contributed by atoms with Crippen molar-refractivity contribution in [3.8, 4) is 0 Å². The van der Waals surface area contributed by atoms with Gasteiger partial charge in [-0.3, -0.25) is 9.80 Å². The van der Waals surface area contributed by atoms with E-state index >= 15 is 0 Å². The van der Waals surface area contributed by atoms with Crippen molar-refractivity contribution in [3.05, 3.63) is 0 Å². The second kappa shape index (κ2) is 7.68. The maximum Gasteiger partial charge on any atom is 0.0829 e. The van der Waals surface area contributed by atoms with Gasteiger partial charge in [-0.25, -0.2) is 0 Å². The number of hydrogen-bond acceptors (Lipinski definition) is 3. The van der Waals surface area contributed by atoms with Crippen LogP contribution in [0.3, 0.4) is 0 Å². The highest BCUT2D eigenvalue weighted by Crippen LogP contribution is 2.21. The van der Waals surface area contributed by atoms with Crippen molar-refractivity contribution in [1.82, 2.24) is 9.80 Å². The Morgan fingerprint density at radius 1 is 1.28 bits per heavy atom. The standard InChI is InChI=1S/C14H27ClN2O/c1-2-16-9-10-18-14(11-16)12-17-8-4-3-5-13(17)6-7-15/h13-14H,2-12H2,1H3. The number of halogens is 1. The van der Waals surface area contributed by atoms with E-state index in [2.05, 4.69) is 16.7 Å². The molecule has 3 nitrogen and oxygen atoms in total. The second-order valence-corrected chi connectivity index (χ2v) is 5.89. The van der Waals surface area contributed by atoms with Crippen molar-refractivity contribution in [2.24, 2.45) is 0 Å². The molecule has 106 valence electrons. The van der Waals surface area contributed by atoms with Gasteiger partial charge in [0.15, 0.2) is 0 Å². The Morgan fingerprint density at radius 3 is 2.94 bits per heavy atom. The average molecular weight is 275 g/mol. The third-order valence-electron chi connectivity index (χ3n) is 4.30. The summed E-state index contributed by atoms with van der Waals surface area (Å²) in [7, 11) is 0. The topological polar surface area (TPSA) is 15.7 Å². The molecule has 2 fully saturated rings. The Bertz CT molecular complexity index is 238. The Balaban J connectivity index is 1.82. The summed E-state index contributed by atoms with van der Waals surface area (Å²) in [6.07, 6.45) is 5.55. The first-order valence-corrected chi connectivity index (χ1v) is 8.01. The number of morpholine rings is 1. The Labute approximate surface area is 116 Å². The van der Waals surface area contributed by atoms with Crippen LogP contribution in [0.15, 0.2) is 0 Å². The summed E-state index contributed by atoms with van der Waals surface area (Å²) >= 11 is 5.92. The van der Waals surface area contributed by atoms with Crippen molar-refractivity contribution in [3.63, 3.8) is 0 Å². The smallest absolute Gasteiger partial charge is 0.0829 e. The van der Waals surface area contributed by atoms with Gasteiger partial charge in [-0.05, 0) is 32.4 Å². The van der Waals surface area contributed by atoms with E-state index in [0.29, 0.717) is 12.1 Å². The molecule has 2 saturated heterocycles. The fraction of sp³-hybridized carbons (Fsp3) is 1.00. The Kier molecular flexibility index (Phi) is 6.22. The second-order valence-electron chi connectivity index (χ2n) is 5.51. The molecule has 2 heterocycles. The molecular formula is C14H27ClN2O. The number of nitrogens with zero attached hydrogens (tertiary/aromatic N) is 2. The van der Waals surface area contributed by atoms with Gasteiger partial charge in [0.2, 0.25) is 0 Å². The van der Waals surface area contributed by atoms with Crippen LogP contribution in [0.4, 0.5) is 0 Å². The largest absolute Gasteiger partial charge is 0.374 e. The first kappa shape index (κ1) is 14.6. The van der Waals surface area contributed by atoms with E-state index in [-0.39, 0.29) is 0 Å². The molecule has 18 heavy (non-hydrogen) atoms. The highest BCUT2D eigenvalue weighted by atomic mass is 35.5. The van der Waals surface area contributed by atoms with Crippen LogP contribution in [0.2, 0.25) is 0 Å².